The summed E-state index contributed by atoms with van der Waals surface area (Å²) in [7, 11) is 0. The molecule has 1 fully saturated rings. The van der Waals surface area contributed by atoms with E-state index in [2.05, 4.69) is 24.0 Å². The van der Waals surface area contributed by atoms with Gasteiger partial charge in [-0.25, -0.2) is 4.98 Å². The van der Waals surface area contributed by atoms with Crippen LogP contribution in [0.15, 0.2) is 42.6 Å². The summed E-state index contributed by atoms with van der Waals surface area (Å²) in [5.41, 5.74) is 2.76. The van der Waals surface area contributed by atoms with Gasteiger partial charge in [0.2, 0.25) is 0 Å². The quantitative estimate of drug-likeness (QED) is 0.769. The van der Waals surface area contributed by atoms with Gasteiger partial charge in [0.1, 0.15) is 5.15 Å². The third kappa shape index (κ3) is 4.78. The van der Waals surface area contributed by atoms with Crippen molar-refractivity contribution in [2.24, 2.45) is 0 Å². The number of morpholine rings is 1. The highest BCUT2D eigenvalue weighted by Gasteiger charge is 2.26. The lowest BCUT2D eigenvalue weighted by atomic mass is 10.1. The number of aromatic nitrogens is 1. The average molecular weight is 361 g/mol. The van der Waals surface area contributed by atoms with Crippen LogP contribution >= 0.6 is 11.6 Å². The Morgan fingerprint density at radius 2 is 2.28 bits per heavy atom. The Morgan fingerprint density at radius 1 is 1.40 bits per heavy atom. The molecule has 1 atom stereocenters. The number of rotatable bonds is 5. The molecule has 0 radical (unpaired) electrons. The van der Waals surface area contributed by atoms with Crippen molar-refractivity contribution < 1.29 is 14.3 Å². The summed E-state index contributed by atoms with van der Waals surface area (Å²) in [6, 6.07) is 11.6. The van der Waals surface area contributed by atoms with Gasteiger partial charge in [-0.15, -0.1) is 0 Å². The first kappa shape index (κ1) is 17.9. The Bertz CT molecular complexity index is 738. The maximum atomic E-state index is 12.6. The van der Waals surface area contributed by atoms with E-state index in [1.54, 1.807) is 23.2 Å². The van der Waals surface area contributed by atoms with Crippen molar-refractivity contribution in [3.05, 3.63) is 64.4 Å². The number of halogens is 1. The van der Waals surface area contributed by atoms with Crippen LogP contribution in [0.5, 0.6) is 0 Å². The van der Waals surface area contributed by atoms with Crippen molar-refractivity contribution in [1.29, 1.82) is 0 Å². The van der Waals surface area contributed by atoms with Crippen molar-refractivity contribution in [3.63, 3.8) is 0 Å². The Labute approximate surface area is 152 Å². The highest BCUT2D eigenvalue weighted by molar-refractivity contribution is 6.32. The minimum Gasteiger partial charge on any atom is -0.374 e. The number of hydrogen-bond donors (Lipinski definition) is 0. The first-order valence-electron chi connectivity index (χ1n) is 8.28. The molecular formula is C19H21ClN2O3. The molecule has 1 aromatic heterocycles. The van der Waals surface area contributed by atoms with E-state index in [9.17, 15) is 4.79 Å². The molecule has 1 aliphatic heterocycles. The van der Waals surface area contributed by atoms with Gasteiger partial charge in [-0.2, -0.15) is 0 Å². The van der Waals surface area contributed by atoms with E-state index in [1.165, 1.54) is 5.56 Å². The first-order valence-corrected chi connectivity index (χ1v) is 8.66. The lowest BCUT2D eigenvalue weighted by molar-refractivity contribution is -0.0647. The van der Waals surface area contributed by atoms with Gasteiger partial charge in [0, 0.05) is 19.3 Å². The molecule has 2 aromatic rings. The van der Waals surface area contributed by atoms with E-state index in [4.69, 9.17) is 21.1 Å². The van der Waals surface area contributed by atoms with Crippen LogP contribution in [0.25, 0.3) is 0 Å². The van der Waals surface area contributed by atoms with Crippen LogP contribution in [0.4, 0.5) is 0 Å². The van der Waals surface area contributed by atoms with Gasteiger partial charge >= 0.3 is 0 Å². The average Bonchev–Trinajstić information content (AvgIpc) is 2.62. The molecule has 1 amide bonds. The number of benzene rings is 1. The zero-order valence-electron chi connectivity index (χ0n) is 14.2. The molecule has 3 rings (SSSR count). The zero-order valence-corrected chi connectivity index (χ0v) is 14.9. The smallest absolute Gasteiger partial charge is 0.257 e. The molecule has 1 saturated heterocycles. The summed E-state index contributed by atoms with van der Waals surface area (Å²) in [6.07, 6.45) is 1.43. The molecule has 132 valence electrons. The summed E-state index contributed by atoms with van der Waals surface area (Å²) < 4.78 is 11.5. The topological polar surface area (TPSA) is 51.7 Å². The number of ether oxygens (including phenoxy) is 2. The van der Waals surface area contributed by atoms with Crippen LogP contribution in [0.1, 0.15) is 21.5 Å². The van der Waals surface area contributed by atoms with Gasteiger partial charge in [0.15, 0.2) is 0 Å². The van der Waals surface area contributed by atoms with Gasteiger partial charge in [-0.05, 0) is 24.6 Å². The summed E-state index contributed by atoms with van der Waals surface area (Å²) >= 11 is 6.02. The fraction of sp³-hybridized carbons (Fsp3) is 0.368. The molecule has 0 spiro atoms. The summed E-state index contributed by atoms with van der Waals surface area (Å²) in [4.78, 5) is 18.3. The van der Waals surface area contributed by atoms with Crippen molar-refractivity contribution in [2.45, 2.75) is 19.6 Å². The lowest BCUT2D eigenvalue weighted by Gasteiger charge is -2.33. The second kappa shape index (κ2) is 8.43. The second-order valence-corrected chi connectivity index (χ2v) is 6.45. The Balaban J connectivity index is 1.53. The number of carbonyl (C=O) groups is 1. The van der Waals surface area contributed by atoms with Crippen molar-refractivity contribution >= 4 is 17.5 Å². The molecule has 1 aliphatic rings. The fourth-order valence-electron chi connectivity index (χ4n) is 2.83. The number of carbonyl (C=O) groups excluding carboxylic acids is 1. The lowest BCUT2D eigenvalue weighted by Crippen LogP contribution is -2.47. The standard InChI is InChI=1S/C19H21ClN2O3/c1-14-4-2-5-15(10-14)12-24-13-16-11-22(8-9-25-16)19(23)17-6-3-7-21-18(17)20/h2-7,10,16H,8-9,11-13H2,1H3. The van der Waals surface area contributed by atoms with Crippen LogP contribution in [-0.2, 0) is 16.1 Å². The third-order valence-electron chi connectivity index (χ3n) is 4.07. The van der Waals surface area contributed by atoms with Gasteiger partial charge in [0.05, 0.1) is 31.5 Å². The zero-order chi connectivity index (χ0) is 17.6. The highest BCUT2D eigenvalue weighted by Crippen LogP contribution is 2.17. The molecule has 5 nitrogen and oxygen atoms in total. The Morgan fingerprint density at radius 3 is 3.08 bits per heavy atom. The van der Waals surface area contributed by atoms with Gasteiger partial charge in [-0.1, -0.05) is 41.4 Å². The SMILES string of the molecule is Cc1cccc(COCC2CN(C(=O)c3cccnc3Cl)CCO2)c1. The summed E-state index contributed by atoms with van der Waals surface area (Å²) in [5.74, 6) is -0.120. The first-order chi connectivity index (χ1) is 12.1. The summed E-state index contributed by atoms with van der Waals surface area (Å²) in [5, 5.41) is 0.228. The molecule has 0 saturated carbocycles. The molecular weight excluding hydrogens is 340 g/mol. The predicted octanol–water partition coefficient (Wildman–Crippen LogP) is 3.10. The maximum absolute atomic E-state index is 12.6. The minimum atomic E-state index is -0.141. The Kier molecular flexibility index (Phi) is 6.02. The molecule has 2 heterocycles. The molecule has 0 bridgehead atoms. The second-order valence-electron chi connectivity index (χ2n) is 6.09. The monoisotopic (exact) mass is 360 g/mol. The minimum absolute atomic E-state index is 0.120. The molecule has 0 aliphatic carbocycles. The van der Waals surface area contributed by atoms with Crippen molar-refractivity contribution in [1.82, 2.24) is 9.88 Å². The number of nitrogens with zero attached hydrogens (tertiary/aromatic N) is 2. The molecule has 1 unspecified atom stereocenters. The highest BCUT2D eigenvalue weighted by atomic mass is 35.5. The molecule has 0 N–H and O–H groups in total. The van der Waals surface area contributed by atoms with E-state index in [-0.39, 0.29) is 17.2 Å². The number of hydrogen-bond acceptors (Lipinski definition) is 4. The molecule has 25 heavy (non-hydrogen) atoms. The predicted molar refractivity (Wildman–Crippen MR) is 95.7 cm³/mol. The van der Waals surface area contributed by atoms with Gasteiger partial charge in [0.25, 0.3) is 5.91 Å². The number of aryl methyl sites for hydroxylation is 1. The van der Waals surface area contributed by atoms with Crippen LogP contribution in [0.2, 0.25) is 5.15 Å². The van der Waals surface area contributed by atoms with Crippen LogP contribution in [0, 0.1) is 6.92 Å². The van der Waals surface area contributed by atoms with E-state index in [0.717, 1.165) is 5.56 Å². The number of pyridine rings is 1. The van der Waals surface area contributed by atoms with Crippen LogP contribution in [0.3, 0.4) is 0 Å². The van der Waals surface area contributed by atoms with Gasteiger partial charge < -0.3 is 14.4 Å². The molecule has 1 aromatic carbocycles. The van der Waals surface area contributed by atoms with E-state index in [1.807, 2.05) is 12.1 Å². The van der Waals surface area contributed by atoms with Gasteiger partial charge in [-0.3, -0.25) is 4.79 Å². The van der Waals surface area contributed by atoms with Crippen molar-refractivity contribution in [3.8, 4) is 0 Å². The van der Waals surface area contributed by atoms with Crippen molar-refractivity contribution in [2.75, 3.05) is 26.3 Å². The van der Waals surface area contributed by atoms with Crippen LogP contribution < -0.4 is 0 Å². The maximum Gasteiger partial charge on any atom is 0.257 e. The van der Waals surface area contributed by atoms with E-state index >= 15 is 0 Å². The number of amides is 1. The third-order valence-corrected chi connectivity index (χ3v) is 4.37. The Hall–Kier alpha value is -1.95. The normalized spacial score (nSPS) is 17.5. The fourth-order valence-corrected chi connectivity index (χ4v) is 3.03. The van der Waals surface area contributed by atoms with E-state index < -0.39 is 0 Å². The molecule has 6 heteroatoms. The van der Waals surface area contributed by atoms with E-state index in [0.29, 0.717) is 38.5 Å². The summed E-state index contributed by atoms with van der Waals surface area (Å²) in [6.45, 7) is 4.54. The largest absolute Gasteiger partial charge is 0.374 e. The van der Waals surface area contributed by atoms with Crippen LogP contribution in [-0.4, -0.2) is 48.2 Å².